The number of halogens is 1. The molecular formula is C17H16ClN. The minimum absolute atomic E-state index is 0.266. The quantitative estimate of drug-likeness (QED) is 0.829. The van der Waals surface area contributed by atoms with Gasteiger partial charge in [-0.15, -0.1) is 0 Å². The van der Waals surface area contributed by atoms with Crippen molar-refractivity contribution in [2.75, 3.05) is 6.54 Å². The molecule has 2 rings (SSSR count). The zero-order valence-corrected chi connectivity index (χ0v) is 11.6. The lowest BCUT2D eigenvalue weighted by molar-refractivity contribution is 0.623. The molecule has 0 saturated carbocycles. The molecular weight excluding hydrogens is 254 g/mol. The lowest BCUT2D eigenvalue weighted by Crippen LogP contribution is -2.18. The lowest BCUT2D eigenvalue weighted by Gasteiger charge is -2.11. The summed E-state index contributed by atoms with van der Waals surface area (Å²) in [5.74, 6) is 6.25. The molecule has 0 bridgehead atoms. The Hall–Kier alpha value is -1.75. The van der Waals surface area contributed by atoms with E-state index in [-0.39, 0.29) is 6.04 Å². The van der Waals surface area contributed by atoms with Crippen LogP contribution in [0.2, 0.25) is 5.02 Å². The van der Waals surface area contributed by atoms with Crippen molar-refractivity contribution in [3.63, 3.8) is 0 Å². The van der Waals surface area contributed by atoms with Crippen molar-refractivity contribution in [3.05, 3.63) is 70.7 Å². The first-order valence-corrected chi connectivity index (χ1v) is 6.66. The van der Waals surface area contributed by atoms with Crippen molar-refractivity contribution >= 4 is 11.6 Å². The van der Waals surface area contributed by atoms with Gasteiger partial charge in [0, 0.05) is 16.6 Å². The van der Waals surface area contributed by atoms with Gasteiger partial charge in [-0.1, -0.05) is 53.8 Å². The Balaban J connectivity index is 1.86. The molecule has 2 heteroatoms. The second kappa shape index (κ2) is 6.99. The highest BCUT2D eigenvalue weighted by Gasteiger charge is 2.02. The standard InChI is InChI=1S/C17H16ClN/c1-14(16-9-11-17(18)12-10-16)19-13-5-8-15-6-3-2-4-7-15/h2-4,6-7,9-12,14,19H,13H2,1H3/t14-/m0/s1. The molecule has 0 radical (unpaired) electrons. The van der Waals surface area contributed by atoms with E-state index >= 15 is 0 Å². The van der Waals surface area contributed by atoms with Crippen molar-refractivity contribution in [2.24, 2.45) is 0 Å². The Kier molecular flexibility index (Phi) is 5.03. The summed E-state index contributed by atoms with van der Waals surface area (Å²) in [6, 6.07) is 18.1. The van der Waals surface area contributed by atoms with Crippen LogP contribution >= 0.6 is 11.6 Å². The molecule has 1 atom stereocenters. The van der Waals surface area contributed by atoms with Crippen LogP contribution in [0.3, 0.4) is 0 Å². The molecule has 0 saturated heterocycles. The number of hydrogen-bond acceptors (Lipinski definition) is 1. The van der Waals surface area contributed by atoms with Crippen LogP contribution in [0.1, 0.15) is 24.1 Å². The Morgan fingerprint density at radius 3 is 2.42 bits per heavy atom. The summed E-state index contributed by atoms with van der Waals surface area (Å²) in [6.07, 6.45) is 0. The minimum atomic E-state index is 0.266. The maximum atomic E-state index is 5.87. The predicted octanol–water partition coefficient (Wildman–Crippen LogP) is 4.04. The zero-order valence-electron chi connectivity index (χ0n) is 10.9. The molecule has 0 aliphatic heterocycles. The summed E-state index contributed by atoms with van der Waals surface area (Å²) < 4.78 is 0. The fourth-order valence-electron chi connectivity index (χ4n) is 1.74. The van der Waals surface area contributed by atoms with Gasteiger partial charge in [0.1, 0.15) is 0 Å². The van der Waals surface area contributed by atoms with Crippen molar-refractivity contribution in [3.8, 4) is 11.8 Å². The smallest absolute Gasteiger partial charge is 0.0584 e. The first-order chi connectivity index (χ1) is 9.25. The van der Waals surface area contributed by atoms with Crippen molar-refractivity contribution < 1.29 is 0 Å². The summed E-state index contributed by atoms with van der Waals surface area (Å²) in [5.41, 5.74) is 2.26. The number of hydrogen-bond donors (Lipinski definition) is 1. The summed E-state index contributed by atoms with van der Waals surface area (Å²) in [6.45, 7) is 2.78. The molecule has 0 spiro atoms. The van der Waals surface area contributed by atoms with Crippen LogP contribution in [-0.2, 0) is 0 Å². The van der Waals surface area contributed by atoms with Crippen LogP contribution in [-0.4, -0.2) is 6.54 Å². The fraction of sp³-hybridized carbons (Fsp3) is 0.176. The van der Waals surface area contributed by atoms with Crippen molar-refractivity contribution in [1.82, 2.24) is 5.32 Å². The maximum Gasteiger partial charge on any atom is 0.0584 e. The van der Waals surface area contributed by atoms with Crippen LogP contribution in [0, 0.1) is 11.8 Å². The second-order valence-corrected chi connectivity index (χ2v) is 4.76. The van der Waals surface area contributed by atoms with Crippen molar-refractivity contribution in [2.45, 2.75) is 13.0 Å². The topological polar surface area (TPSA) is 12.0 Å². The highest BCUT2D eigenvalue weighted by atomic mass is 35.5. The largest absolute Gasteiger partial charge is 0.300 e. The van der Waals surface area contributed by atoms with Gasteiger partial charge in [0.05, 0.1) is 6.54 Å². The molecule has 0 aliphatic rings. The molecule has 0 aromatic heterocycles. The number of nitrogens with one attached hydrogen (secondary N) is 1. The van der Waals surface area contributed by atoms with Gasteiger partial charge in [-0.25, -0.2) is 0 Å². The summed E-state index contributed by atoms with van der Waals surface area (Å²) >= 11 is 5.87. The normalized spacial score (nSPS) is 11.5. The first-order valence-electron chi connectivity index (χ1n) is 6.28. The number of benzene rings is 2. The van der Waals surface area contributed by atoms with Gasteiger partial charge in [0.25, 0.3) is 0 Å². The van der Waals surface area contributed by atoms with E-state index in [0.717, 1.165) is 10.6 Å². The SMILES string of the molecule is C[C@H](NCC#Cc1ccccc1)c1ccc(Cl)cc1. The third kappa shape index (κ3) is 4.44. The van der Waals surface area contributed by atoms with Crippen molar-refractivity contribution in [1.29, 1.82) is 0 Å². The van der Waals surface area contributed by atoms with Crippen LogP contribution in [0.25, 0.3) is 0 Å². The van der Waals surface area contributed by atoms with Gasteiger partial charge in [0.15, 0.2) is 0 Å². The Morgan fingerprint density at radius 1 is 1.05 bits per heavy atom. The molecule has 0 unspecified atom stereocenters. The third-order valence-electron chi connectivity index (χ3n) is 2.87. The average Bonchev–Trinajstić information content (AvgIpc) is 2.45. The molecule has 0 aliphatic carbocycles. The van der Waals surface area contributed by atoms with E-state index < -0.39 is 0 Å². The molecule has 1 nitrogen and oxygen atoms in total. The van der Waals surface area contributed by atoms with Crippen LogP contribution in [0.4, 0.5) is 0 Å². The van der Waals surface area contributed by atoms with E-state index in [9.17, 15) is 0 Å². The van der Waals surface area contributed by atoms with E-state index in [2.05, 4.69) is 24.1 Å². The van der Waals surface area contributed by atoms with E-state index in [1.807, 2.05) is 54.6 Å². The minimum Gasteiger partial charge on any atom is -0.300 e. The molecule has 0 heterocycles. The molecule has 2 aromatic carbocycles. The van der Waals surface area contributed by atoms with Gasteiger partial charge < -0.3 is 0 Å². The molecule has 0 fully saturated rings. The highest BCUT2D eigenvalue weighted by molar-refractivity contribution is 6.30. The third-order valence-corrected chi connectivity index (χ3v) is 3.13. The predicted molar refractivity (Wildman–Crippen MR) is 81.2 cm³/mol. The summed E-state index contributed by atoms with van der Waals surface area (Å²) in [4.78, 5) is 0. The first kappa shape index (κ1) is 13.7. The van der Waals surface area contributed by atoms with E-state index in [0.29, 0.717) is 6.54 Å². The van der Waals surface area contributed by atoms with E-state index in [4.69, 9.17) is 11.6 Å². The number of rotatable bonds is 3. The lowest BCUT2D eigenvalue weighted by atomic mass is 10.1. The van der Waals surface area contributed by atoms with Gasteiger partial charge in [0.2, 0.25) is 0 Å². The second-order valence-electron chi connectivity index (χ2n) is 4.32. The average molecular weight is 270 g/mol. The van der Waals surface area contributed by atoms with Gasteiger partial charge in [-0.2, -0.15) is 0 Å². The summed E-state index contributed by atoms with van der Waals surface area (Å²) in [7, 11) is 0. The van der Waals surface area contributed by atoms with E-state index in [1.54, 1.807) is 0 Å². The van der Waals surface area contributed by atoms with Crippen LogP contribution in [0.15, 0.2) is 54.6 Å². The Bertz CT molecular complexity index is 564. The molecule has 2 aromatic rings. The van der Waals surface area contributed by atoms with Gasteiger partial charge in [-0.05, 0) is 36.8 Å². The summed E-state index contributed by atoms with van der Waals surface area (Å²) in [5, 5.41) is 4.14. The molecule has 1 N–H and O–H groups in total. The zero-order chi connectivity index (χ0) is 13.5. The molecule has 19 heavy (non-hydrogen) atoms. The highest BCUT2D eigenvalue weighted by Crippen LogP contribution is 2.15. The fourth-order valence-corrected chi connectivity index (χ4v) is 1.87. The van der Waals surface area contributed by atoms with Crippen LogP contribution in [0.5, 0.6) is 0 Å². The molecule has 96 valence electrons. The maximum absolute atomic E-state index is 5.87. The Labute approximate surface area is 119 Å². The molecule has 0 amide bonds. The van der Waals surface area contributed by atoms with Gasteiger partial charge in [-0.3, -0.25) is 5.32 Å². The monoisotopic (exact) mass is 269 g/mol. The van der Waals surface area contributed by atoms with E-state index in [1.165, 1.54) is 5.56 Å². The van der Waals surface area contributed by atoms with Crippen LogP contribution < -0.4 is 5.32 Å². The van der Waals surface area contributed by atoms with Gasteiger partial charge >= 0.3 is 0 Å². The Morgan fingerprint density at radius 2 is 1.74 bits per heavy atom.